The summed E-state index contributed by atoms with van der Waals surface area (Å²) in [6.07, 6.45) is 4.01. The highest BCUT2D eigenvalue weighted by molar-refractivity contribution is 7.89. The number of nitrogens with two attached hydrogens (primary N) is 1. The van der Waals surface area contributed by atoms with E-state index in [4.69, 9.17) is 21.5 Å². The largest absolute Gasteiger partial charge is 0.492 e. The Labute approximate surface area is 122 Å². The van der Waals surface area contributed by atoms with Gasteiger partial charge in [-0.2, -0.15) is 0 Å². The number of pyridine rings is 1. The van der Waals surface area contributed by atoms with Crippen LogP contribution in [0.5, 0.6) is 5.75 Å². The maximum absolute atomic E-state index is 11.5. The third-order valence-electron chi connectivity index (χ3n) is 2.61. The molecule has 2 N–H and O–H groups in total. The molecule has 0 spiro atoms. The van der Waals surface area contributed by atoms with Gasteiger partial charge in [0.25, 0.3) is 0 Å². The highest BCUT2D eigenvalue weighted by Gasteiger charge is 2.15. The molecule has 106 valence electrons. The van der Waals surface area contributed by atoms with E-state index in [0.717, 1.165) is 5.56 Å². The molecule has 1 aromatic carbocycles. The minimum absolute atomic E-state index is 0.111. The molecule has 0 radical (unpaired) electrons. The number of benzene rings is 1. The van der Waals surface area contributed by atoms with Gasteiger partial charge in [-0.1, -0.05) is 11.6 Å². The van der Waals surface area contributed by atoms with E-state index in [2.05, 4.69) is 4.98 Å². The first-order valence-corrected chi connectivity index (χ1v) is 7.73. The Morgan fingerprint density at radius 3 is 2.55 bits per heavy atom. The fraction of sp³-hybridized carbons (Fsp3) is 0.154. The molecule has 0 fully saturated rings. The normalized spacial score (nSPS) is 11.3. The molecule has 2 aromatic rings. The average Bonchev–Trinajstić information content (AvgIpc) is 2.40. The number of nitrogens with zero attached hydrogens (tertiary/aromatic N) is 1. The van der Waals surface area contributed by atoms with Gasteiger partial charge in [-0.3, -0.25) is 4.98 Å². The minimum atomic E-state index is -3.87. The molecule has 0 saturated carbocycles. The number of aromatic nitrogens is 1. The van der Waals surface area contributed by atoms with Gasteiger partial charge < -0.3 is 4.74 Å². The maximum atomic E-state index is 11.5. The third kappa shape index (κ3) is 3.93. The summed E-state index contributed by atoms with van der Waals surface area (Å²) in [6.45, 7) is 0.328. The smallest absolute Gasteiger partial charge is 0.241 e. The maximum Gasteiger partial charge on any atom is 0.241 e. The zero-order valence-corrected chi connectivity index (χ0v) is 12.1. The first kappa shape index (κ1) is 14.8. The lowest BCUT2D eigenvalue weighted by Gasteiger charge is -2.10. The molecule has 0 atom stereocenters. The number of halogens is 1. The lowest BCUT2D eigenvalue weighted by molar-refractivity contribution is 0.313. The van der Waals surface area contributed by atoms with E-state index in [0.29, 0.717) is 13.0 Å². The summed E-state index contributed by atoms with van der Waals surface area (Å²) in [7, 11) is -3.87. The highest BCUT2D eigenvalue weighted by atomic mass is 35.5. The standard InChI is InChI=1S/C13H13ClN2O3S/c14-11-1-2-12(13(9-11)20(15,17)18)19-8-5-10-3-6-16-7-4-10/h1-4,6-7,9H,5,8H2,(H2,15,17,18). The van der Waals surface area contributed by atoms with Crippen LogP contribution < -0.4 is 9.88 Å². The fourth-order valence-corrected chi connectivity index (χ4v) is 2.59. The first-order valence-electron chi connectivity index (χ1n) is 5.81. The molecule has 2 rings (SSSR count). The van der Waals surface area contributed by atoms with Crippen LogP contribution >= 0.6 is 11.6 Å². The summed E-state index contributed by atoms with van der Waals surface area (Å²) >= 11 is 5.77. The van der Waals surface area contributed by atoms with Crippen molar-refractivity contribution in [3.63, 3.8) is 0 Å². The van der Waals surface area contributed by atoms with Crippen LogP contribution in [0.2, 0.25) is 5.02 Å². The summed E-state index contributed by atoms with van der Waals surface area (Å²) < 4.78 is 28.4. The van der Waals surface area contributed by atoms with E-state index in [1.165, 1.54) is 12.1 Å². The van der Waals surface area contributed by atoms with Gasteiger partial charge in [0.15, 0.2) is 0 Å². The second kappa shape index (κ2) is 6.21. The molecule has 0 saturated heterocycles. The van der Waals surface area contributed by atoms with Crippen LogP contribution in [0.1, 0.15) is 5.56 Å². The number of sulfonamides is 1. The number of ether oxygens (including phenoxy) is 1. The molecule has 1 heterocycles. The van der Waals surface area contributed by atoms with E-state index in [9.17, 15) is 8.42 Å². The van der Waals surface area contributed by atoms with Crippen LogP contribution in [0.3, 0.4) is 0 Å². The summed E-state index contributed by atoms with van der Waals surface area (Å²) in [5.41, 5.74) is 1.05. The molecule has 20 heavy (non-hydrogen) atoms. The van der Waals surface area contributed by atoms with Crippen LogP contribution in [0, 0.1) is 0 Å². The van der Waals surface area contributed by atoms with E-state index in [1.807, 2.05) is 12.1 Å². The van der Waals surface area contributed by atoms with Crippen molar-refractivity contribution in [1.29, 1.82) is 0 Å². The van der Waals surface area contributed by atoms with E-state index in [1.54, 1.807) is 18.5 Å². The Balaban J connectivity index is 2.10. The number of hydrogen-bond acceptors (Lipinski definition) is 4. The summed E-state index contributed by atoms with van der Waals surface area (Å²) in [6, 6.07) is 8.06. The van der Waals surface area contributed by atoms with Crippen LogP contribution in [-0.2, 0) is 16.4 Å². The number of hydrogen-bond donors (Lipinski definition) is 1. The highest BCUT2D eigenvalue weighted by Crippen LogP contribution is 2.26. The predicted molar refractivity (Wildman–Crippen MR) is 76.3 cm³/mol. The van der Waals surface area contributed by atoms with Crippen molar-refractivity contribution >= 4 is 21.6 Å². The lowest BCUT2D eigenvalue weighted by atomic mass is 10.2. The second-order valence-corrected chi connectivity index (χ2v) is 6.06. The van der Waals surface area contributed by atoms with E-state index >= 15 is 0 Å². The van der Waals surface area contributed by atoms with Crippen LogP contribution in [0.15, 0.2) is 47.6 Å². The minimum Gasteiger partial charge on any atom is -0.492 e. The Kier molecular flexibility index (Phi) is 4.59. The van der Waals surface area contributed by atoms with Crippen LogP contribution in [0.25, 0.3) is 0 Å². The Morgan fingerprint density at radius 1 is 1.20 bits per heavy atom. The van der Waals surface area contributed by atoms with Gasteiger partial charge in [0.1, 0.15) is 10.6 Å². The van der Waals surface area contributed by atoms with Gasteiger partial charge in [-0.05, 0) is 35.9 Å². The van der Waals surface area contributed by atoms with Crippen LogP contribution in [-0.4, -0.2) is 20.0 Å². The zero-order valence-electron chi connectivity index (χ0n) is 10.5. The Hall–Kier alpha value is -1.63. The summed E-state index contributed by atoms with van der Waals surface area (Å²) in [5.74, 6) is 0.200. The van der Waals surface area contributed by atoms with Crippen molar-refractivity contribution in [2.24, 2.45) is 5.14 Å². The lowest BCUT2D eigenvalue weighted by Crippen LogP contribution is -2.14. The molecule has 0 unspecified atom stereocenters. The number of primary sulfonamides is 1. The molecule has 0 aliphatic carbocycles. The van der Waals surface area contributed by atoms with Crippen LogP contribution in [0.4, 0.5) is 0 Å². The quantitative estimate of drug-likeness (QED) is 0.915. The SMILES string of the molecule is NS(=O)(=O)c1cc(Cl)ccc1OCCc1ccncc1. The average molecular weight is 313 g/mol. The van der Waals surface area contributed by atoms with E-state index < -0.39 is 10.0 Å². The molecule has 0 aliphatic rings. The molecule has 0 amide bonds. The van der Waals surface area contributed by atoms with E-state index in [-0.39, 0.29) is 15.7 Å². The van der Waals surface area contributed by atoms with Gasteiger partial charge in [0, 0.05) is 23.8 Å². The van der Waals surface area contributed by atoms with Crippen molar-refractivity contribution in [2.45, 2.75) is 11.3 Å². The fourth-order valence-electron chi connectivity index (χ4n) is 1.65. The van der Waals surface area contributed by atoms with Crippen molar-refractivity contribution in [3.8, 4) is 5.75 Å². The van der Waals surface area contributed by atoms with Crippen molar-refractivity contribution < 1.29 is 13.2 Å². The predicted octanol–water partition coefficient (Wildman–Crippen LogP) is 2.00. The van der Waals surface area contributed by atoms with Crippen molar-refractivity contribution in [3.05, 3.63) is 53.3 Å². The molecule has 1 aromatic heterocycles. The Morgan fingerprint density at radius 2 is 1.90 bits per heavy atom. The van der Waals surface area contributed by atoms with Crippen molar-refractivity contribution in [2.75, 3.05) is 6.61 Å². The molecular weight excluding hydrogens is 300 g/mol. The molecular formula is C13H13ClN2O3S. The van der Waals surface area contributed by atoms with Gasteiger partial charge >= 0.3 is 0 Å². The molecule has 7 heteroatoms. The first-order chi connectivity index (χ1) is 9.47. The summed E-state index contributed by atoms with van der Waals surface area (Å²) in [4.78, 5) is 3.81. The molecule has 0 bridgehead atoms. The van der Waals surface area contributed by atoms with Crippen molar-refractivity contribution in [1.82, 2.24) is 4.98 Å². The monoisotopic (exact) mass is 312 g/mol. The topological polar surface area (TPSA) is 82.3 Å². The van der Waals surface area contributed by atoms with Gasteiger partial charge in [0.05, 0.1) is 6.61 Å². The third-order valence-corrected chi connectivity index (χ3v) is 3.78. The molecule has 5 nitrogen and oxygen atoms in total. The Bertz CT molecular complexity index is 690. The van der Waals surface area contributed by atoms with Gasteiger partial charge in [0.2, 0.25) is 10.0 Å². The van der Waals surface area contributed by atoms with Gasteiger partial charge in [-0.15, -0.1) is 0 Å². The second-order valence-electron chi connectivity index (χ2n) is 4.09. The zero-order chi connectivity index (χ0) is 14.6. The summed E-state index contributed by atoms with van der Waals surface area (Å²) in [5, 5.41) is 5.42. The molecule has 0 aliphatic heterocycles. The van der Waals surface area contributed by atoms with Gasteiger partial charge in [-0.25, -0.2) is 13.6 Å². The number of rotatable bonds is 5.